The minimum Gasteiger partial charge on any atom is -0.440 e. The van der Waals surface area contributed by atoms with Gasteiger partial charge >= 0.3 is 0 Å². The molecule has 0 aliphatic heterocycles. The van der Waals surface area contributed by atoms with E-state index in [1.807, 2.05) is 0 Å². The average Bonchev–Trinajstić information content (AvgIpc) is 2.78. The number of nitrogens with zero attached hydrogens (tertiary/aromatic N) is 1. The molecule has 1 aromatic heterocycles. The van der Waals surface area contributed by atoms with Crippen molar-refractivity contribution in [1.29, 1.82) is 0 Å². The molecule has 0 saturated heterocycles. The highest BCUT2D eigenvalue weighted by molar-refractivity contribution is 6.02. The van der Waals surface area contributed by atoms with Crippen LogP contribution in [-0.4, -0.2) is 10.9 Å². The summed E-state index contributed by atoms with van der Waals surface area (Å²) in [6, 6.07) is 3.47. The molecule has 1 amide bonds. The summed E-state index contributed by atoms with van der Waals surface area (Å²) in [5, 5.41) is 2.16. The molecular formula is C10H5F2N2O2. The Morgan fingerprint density at radius 3 is 2.94 bits per heavy atom. The number of carbonyl (C=O) groups excluding carboxylic acids is 1. The van der Waals surface area contributed by atoms with Crippen molar-refractivity contribution in [3.63, 3.8) is 0 Å². The Morgan fingerprint density at radius 2 is 2.25 bits per heavy atom. The van der Waals surface area contributed by atoms with E-state index >= 15 is 0 Å². The number of anilines is 1. The quantitative estimate of drug-likeness (QED) is 0.847. The lowest BCUT2D eigenvalue weighted by Gasteiger charge is -2.04. The highest BCUT2D eigenvalue weighted by atomic mass is 19.2. The third-order valence-corrected chi connectivity index (χ3v) is 1.82. The zero-order valence-corrected chi connectivity index (χ0v) is 7.83. The van der Waals surface area contributed by atoms with Gasteiger partial charge in [-0.05, 0) is 12.1 Å². The van der Waals surface area contributed by atoms with Crippen molar-refractivity contribution in [2.24, 2.45) is 0 Å². The molecule has 1 N–H and O–H groups in total. The van der Waals surface area contributed by atoms with E-state index in [0.29, 0.717) is 0 Å². The van der Waals surface area contributed by atoms with Crippen LogP contribution in [0.3, 0.4) is 0 Å². The van der Waals surface area contributed by atoms with Crippen LogP contribution >= 0.6 is 0 Å². The van der Waals surface area contributed by atoms with Crippen molar-refractivity contribution in [2.45, 2.75) is 0 Å². The standard InChI is InChI=1S/C10H5F2N2O2/c11-6-2-1-3-7(9(6)12)14-10(15)8-4-16-5-13-8/h1-4H,(H,14,15). The van der Waals surface area contributed by atoms with Crippen LogP contribution in [0.2, 0.25) is 0 Å². The van der Waals surface area contributed by atoms with Crippen LogP contribution in [0, 0.1) is 18.0 Å². The Morgan fingerprint density at radius 1 is 1.44 bits per heavy atom. The number of rotatable bonds is 2. The lowest BCUT2D eigenvalue weighted by molar-refractivity contribution is 0.102. The minimum atomic E-state index is -1.12. The number of carbonyl (C=O) groups is 1. The van der Waals surface area contributed by atoms with Crippen molar-refractivity contribution < 1.29 is 18.0 Å². The van der Waals surface area contributed by atoms with E-state index in [1.54, 1.807) is 0 Å². The maximum Gasteiger partial charge on any atom is 0.284 e. The highest BCUT2D eigenvalue weighted by Crippen LogP contribution is 2.17. The molecule has 1 aromatic carbocycles. The largest absolute Gasteiger partial charge is 0.440 e. The molecule has 0 bridgehead atoms. The minimum absolute atomic E-state index is 0.0661. The molecule has 0 unspecified atom stereocenters. The predicted octanol–water partition coefficient (Wildman–Crippen LogP) is 2.01. The maximum atomic E-state index is 13.2. The zero-order valence-electron chi connectivity index (χ0n) is 7.83. The third kappa shape index (κ3) is 1.90. The lowest BCUT2D eigenvalue weighted by Crippen LogP contribution is -2.13. The van der Waals surface area contributed by atoms with Gasteiger partial charge in [-0.3, -0.25) is 4.79 Å². The molecule has 0 saturated carbocycles. The molecule has 0 aliphatic rings. The van der Waals surface area contributed by atoms with Crippen LogP contribution in [0.25, 0.3) is 0 Å². The molecular weight excluding hydrogens is 218 g/mol. The fourth-order valence-corrected chi connectivity index (χ4v) is 1.08. The van der Waals surface area contributed by atoms with Crippen molar-refractivity contribution in [3.8, 4) is 0 Å². The van der Waals surface area contributed by atoms with Gasteiger partial charge in [-0.2, -0.15) is 4.98 Å². The predicted molar refractivity (Wildman–Crippen MR) is 49.7 cm³/mol. The van der Waals surface area contributed by atoms with Gasteiger partial charge in [0.1, 0.15) is 6.26 Å². The summed E-state index contributed by atoms with van der Waals surface area (Å²) < 4.78 is 30.4. The number of aromatic nitrogens is 1. The van der Waals surface area contributed by atoms with Gasteiger partial charge in [-0.1, -0.05) is 6.07 Å². The second kappa shape index (κ2) is 4.09. The smallest absolute Gasteiger partial charge is 0.284 e. The number of hydrogen-bond donors (Lipinski definition) is 1. The number of amides is 1. The molecule has 16 heavy (non-hydrogen) atoms. The second-order valence-electron chi connectivity index (χ2n) is 2.88. The van der Waals surface area contributed by atoms with E-state index in [9.17, 15) is 13.6 Å². The number of oxazole rings is 1. The van der Waals surface area contributed by atoms with Gasteiger partial charge in [-0.15, -0.1) is 0 Å². The lowest BCUT2D eigenvalue weighted by atomic mass is 10.3. The third-order valence-electron chi connectivity index (χ3n) is 1.82. The monoisotopic (exact) mass is 223 g/mol. The van der Waals surface area contributed by atoms with E-state index in [2.05, 4.69) is 21.1 Å². The fourth-order valence-electron chi connectivity index (χ4n) is 1.08. The van der Waals surface area contributed by atoms with Crippen molar-refractivity contribution in [3.05, 3.63) is 48.2 Å². The molecule has 1 heterocycles. The number of halogens is 2. The maximum absolute atomic E-state index is 13.2. The van der Waals surface area contributed by atoms with Crippen LogP contribution in [0.15, 0.2) is 28.9 Å². The average molecular weight is 223 g/mol. The first-order valence-electron chi connectivity index (χ1n) is 4.25. The highest BCUT2D eigenvalue weighted by Gasteiger charge is 2.13. The Balaban J connectivity index is 2.22. The molecule has 0 spiro atoms. The van der Waals surface area contributed by atoms with Crippen molar-refractivity contribution >= 4 is 11.6 Å². The van der Waals surface area contributed by atoms with Crippen LogP contribution in [-0.2, 0) is 0 Å². The summed E-state index contributed by atoms with van der Waals surface area (Å²) in [6.45, 7) is 0. The van der Waals surface area contributed by atoms with Crippen LogP contribution in [0.5, 0.6) is 0 Å². The second-order valence-corrected chi connectivity index (χ2v) is 2.88. The van der Waals surface area contributed by atoms with Gasteiger partial charge in [-0.25, -0.2) is 8.78 Å². The van der Waals surface area contributed by atoms with Gasteiger partial charge in [0.2, 0.25) is 0 Å². The van der Waals surface area contributed by atoms with Crippen LogP contribution < -0.4 is 5.32 Å². The topological polar surface area (TPSA) is 55.1 Å². The van der Waals surface area contributed by atoms with Gasteiger partial charge in [0.25, 0.3) is 12.3 Å². The molecule has 1 radical (unpaired) electrons. The summed E-state index contributed by atoms with van der Waals surface area (Å²) in [5.41, 5.74) is -0.323. The molecule has 0 atom stereocenters. The van der Waals surface area contributed by atoms with Crippen LogP contribution in [0.4, 0.5) is 14.5 Å². The first kappa shape index (κ1) is 10.3. The Labute approximate surface area is 88.9 Å². The number of nitrogens with one attached hydrogen (secondary N) is 1. The Kier molecular flexibility index (Phi) is 2.63. The normalized spacial score (nSPS) is 10.1. The summed E-state index contributed by atoms with van der Waals surface area (Å²) in [5.74, 6) is -2.86. The zero-order chi connectivity index (χ0) is 11.5. The fraction of sp³-hybridized carbons (Fsp3) is 0. The summed E-state index contributed by atoms with van der Waals surface area (Å²) >= 11 is 0. The van der Waals surface area contributed by atoms with E-state index in [-0.39, 0.29) is 11.4 Å². The van der Waals surface area contributed by atoms with E-state index < -0.39 is 17.5 Å². The van der Waals surface area contributed by atoms with Gasteiger partial charge < -0.3 is 9.73 Å². The number of hydrogen-bond acceptors (Lipinski definition) is 3. The summed E-state index contributed by atoms with van der Waals surface area (Å²) in [6.07, 6.45) is 3.12. The van der Waals surface area contributed by atoms with Crippen molar-refractivity contribution in [1.82, 2.24) is 4.98 Å². The summed E-state index contributed by atoms with van der Waals surface area (Å²) in [4.78, 5) is 14.8. The van der Waals surface area contributed by atoms with Crippen molar-refractivity contribution in [2.75, 3.05) is 5.32 Å². The Hall–Kier alpha value is -2.24. The molecule has 0 fully saturated rings. The molecule has 2 rings (SSSR count). The number of benzene rings is 1. The van der Waals surface area contributed by atoms with Gasteiger partial charge in [0.15, 0.2) is 17.3 Å². The summed E-state index contributed by atoms with van der Waals surface area (Å²) in [7, 11) is 0. The van der Waals surface area contributed by atoms with Crippen LogP contribution in [0.1, 0.15) is 10.5 Å². The molecule has 6 heteroatoms. The SMILES string of the molecule is O=C(Nc1cccc(F)c1F)c1co[c]n1. The molecule has 81 valence electrons. The molecule has 2 aromatic rings. The first-order chi connectivity index (χ1) is 7.68. The van der Waals surface area contributed by atoms with Gasteiger partial charge in [0.05, 0.1) is 5.69 Å². The van der Waals surface area contributed by atoms with E-state index in [0.717, 1.165) is 12.3 Å². The first-order valence-corrected chi connectivity index (χ1v) is 4.25. The Bertz CT molecular complexity index is 512. The molecule has 0 aliphatic carbocycles. The van der Waals surface area contributed by atoms with Gasteiger partial charge in [0, 0.05) is 0 Å². The molecule has 4 nitrogen and oxygen atoms in total. The van der Waals surface area contributed by atoms with E-state index in [4.69, 9.17) is 0 Å². The van der Waals surface area contributed by atoms with E-state index in [1.165, 1.54) is 12.1 Å².